The maximum atomic E-state index is 11.7. The van der Waals surface area contributed by atoms with E-state index in [-0.39, 0.29) is 0 Å². The van der Waals surface area contributed by atoms with Gasteiger partial charge in [-0.1, -0.05) is 48.0 Å². The molecule has 0 aromatic heterocycles. The molecule has 2 aromatic carbocycles. The number of nitrogens with zero attached hydrogens (tertiary/aromatic N) is 1. The van der Waals surface area contributed by atoms with Crippen LogP contribution in [0.1, 0.15) is 35.1 Å². The molecule has 3 rings (SSSR count). The summed E-state index contributed by atoms with van der Waals surface area (Å²) < 4.78 is 0. The molecule has 0 saturated heterocycles. The van der Waals surface area contributed by atoms with E-state index in [4.69, 9.17) is 11.6 Å². The quantitative estimate of drug-likeness (QED) is 0.916. The van der Waals surface area contributed by atoms with Crippen molar-refractivity contribution in [3.8, 4) is 0 Å². The first-order valence-corrected chi connectivity index (χ1v) is 8.63. The fraction of sp³-hybridized carbons (Fsp3) is 0.400. The van der Waals surface area contributed by atoms with Gasteiger partial charge in [0.1, 0.15) is 5.60 Å². The summed E-state index contributed by atoms with van der Waals surface area (Å²) in [5.41, 5.74) is 3.39. The molecule has 0 saturated carbocycles. The number of aryl methyl sites for hydroxylation is 1. The van der Waals surface area contributed by atoms with Crippen LogP contribution in [0.3, 0.4) is 0 Å². The van der Waals surface area contributed by atoms with Crippen molar-refractivity contribution in [2.45, 2.75) is 31.3 Å². The molecule has 1 aliphatic rings. The van der Waals surface area contributed by atoms with Gasteiger partial charge in [-0.25, -0.2) is 0 Å². The van der Waals surface area contributed by atoms with E-state index in [9.17, 15) is 5.11 Å². The largest absolute Gasteiger partial charge is 0.380 e. The topological polar surface area (TPSA) is 23.5 Å². The zero-order chi connectivity index (χ0) is 16.4. The van der Waals surface area contributed by atoms with Crippen LogP contribution in [-0.2, 0) is 18.4 Å². The Hall–Kier alpha value is -1.35. The molecule has 0 fully saturated rings. The molecule has 122 valence electrons. The number of benzene rings is 2. The van der Waals surface area contributed by atoms with Crippen molar-refractivity contribution in [3.05, 3.63) is 69.7 Å². The predicted molar refractivity (Wildman–Crippen MR) is 96.1 cm³/mol. The first kappa shape index (κ1) is 16.5. The molecule has 1 atom stereocenters. The van der Waals surface area contributed by atoms with Crippen LogP contribution in [0.25, 0.3) is 0 Å². The zero-order valence-electron chi connectivity index (χ0n) is 13.8. The van der Waals surface area contributed by atoms with Crippen molar-refractivity contribution in [3.63, 3.8) is 0 Å². The van der Waals surface area contributed by atoms with Gasteiger partial charge in [-0.3, -0.25) is 0 Å². The Labute approximate surface area is 143 Å². The summed E-state index contributed by atoms with van der Waals surface area (Å²) in [4.78, 5) is 2.16. The van der Waals surface area contributed by atoms with Crippen LogP contribution in [0.4, 0.5) is 0 Å². The number of rotatable bonds is 4. The Morgan fingerprint density at radius 3 is 2.57 bits per heavy atom. The molecule has 1 unspecified atom stereocenters. The minimum atomic E-state index is -0.955. The van der Waals surface area contributed by atoms with Crippen LogP contribution in [0.15, 0.2) is 42.5 Å². The minimum absolute atomic E-state index is 0.704. The Balaban J connectivity index is 2.09. The Kier molecular flexibility index (Phi) is 4.77. The molecule has 2 aromatic rings. The smallest absolute Gasteiger partial charge is 0.115 e. The van der Waals surface area contributed by atoms with E-state index in [0.717, 1.165) is 47.5 Å². The van der Waals surface area contributed by atoms with Crippen LogP contribution < -0.4 is 0 Å². The van der Waals surface area contributed by atoms with Crippen LogP contribution in [0.2, 0.25) is 5.02 Å². The molecule has 0 aliphatic heterocycles. The van der Waals surface area contributed by atoms with Crippen molar-refractivity contribution in [2.24, 2.45) is 0 Å². The molecular formula is C20H24ClNO. The average molecular weight is 330 g/mol. The highest BCUT2D eigenvalue weighted by Gasteiger charge is 2.37. The van der Waals surface area contributed by atoms with E-state index in [1.807, 2.05) is 24.3 Å². The second-order valence-electron chi connectivity index (χ2n) is 6.69. The van der Waals surface area contributed by atoms with E-state index in [1.165, 1.54) is 5.56 Å². The lowest BCUT2D eigenvalue weighted by Gasteiger charge is -2.32. The predicted octanol–water partition coefficient (Wildman–Crippen LogP) is 4.02. The lowest BCUT2D eigenvalue weighted by atomic mass is 9.80. The standard InChI is InChI=1S/C20H24ClNO/c1-22(2)14-6-13-20(23)17-8-4-3-7-15(17)11-12-16-18(20)9-5-10-19(16)21/h3-5,7-10,23H,6,11-14H2,1-2H3. The number of fused-ring (bicyclic) bond motifs is 2. The second-order valence-corrected chi connectivity index (χ2v) is 7.10. The minimum Gasteiger partial charge on any atom is -0.380 e. The summed E-state index contributed by atoms with van der Waals surface area (Å²) in [5, 5.41) is 12.5. The van der Waals surface area contributed by atoms with Gasteiger partial charge < -0.3 is 10.0 Å². The third kappa shape index (κ3) is 3.16. The second kappa shape index (κ2) is 6.64. The molecule has 2 nitrogen and oxygen atoms in total. The summed E-state index contributed by atoms with van der Waals surface area (Å²) in [6, 6.07) is 14.2. The summed E-state index contributed by atoms with van der Waals surface area (Å²) in [6.07, 6.45) is 3.43. The number of aliphatic hydroxyl groups is 1. The number of hydrogen-bond acceptors (Lipinski definition) is 2. The maximum absolute atomic E-state index is 11.7. The van der Waals surface area contributed by atoms with Gasteiger partial charge in [0.05, 0.1) is 0 Å². The molecule has 0 spiro atoms. The Bertz CT molecular complexity index is 698. The first-order valence-electron chi connectivity index (χ1n) is 8.26. The third-order valence-electron chi connectivity index (χ3n) is 4.82. The van der Waals surface area contributed by atoms with Crippen LogP contribution >= 0.6 is 11.6 Å². The summed E-state index contributed by atoms with van der Waals surface area (Å²) >= 11 is 6.45. The molecule has 0 heterocycles. The van der Waals surface area contributed by atoms with Crippen LogP contribution in [0, 0.1) is 0 Å². The molecule has 3 heteroatoms. The fourth-order valence-corrected chi connectivity index (χ4v) is 3.94. The van der Waals surface area contributed by atoms with Gasteiger partial charge in [0.25, 0.3) is 0 Å². The monoisotopic (exact) mass is 329 g/mol. The normalized spacial score (nSPS) is 20.0. The molecule has 1 N–H and O–H groups in total. The lowest BCUT2D eigenvalue weighted by molar-refractivity contribution is 0.0659. The van der Waals surface area contributed by atoms with Crippen molar-refractivity contribution in [1.29, 1.82) is 0 Å². The molecular weight excluding hydrogens is 306 g/mol. The molecule has 0 amide bonds. The zero-order valence-corrected chi connectivity index (χ0v) is 14.6. The third-order valence-corrected chi connectivity index (χ3v) is 5.17. The van der Waals surface area contributed by atoms with E-state index < -0.39 is 5.60 Å². The van der Waals surface area contributed by atoms with Crippen LogP contribution in [-0.4, -0.2) is 30.6 Å². The van der Waals surface area contributed by atoms with Gasteiger partial charge in [-0.15, -0.1) is 0 Å². The van der Waals surface area contributed by atoms with Crippen molar-refractivity contribution < 1.29 is 5.11 Å². The van der Waals surface area contributed by atoms with Gasteiger partial charge in [0, 0.05) is 5.02 Å². The van der Waals surface area contributed by atoms with Crippen LogP contribution in [0.5, 0.6) is 0 Å². The number of hydrogen-bond donors (Lipinski definition) is 1. The van der Waals surface area contributed by atoms with Gasteiger partial charge in [-0.2, -0.15) is 0 Å². The highest BCUT2D eigenvalue weighted by Crippen LogP contribution is 2.42. The number of halogens is 1. The summed E-state index contributed by atoms with van der Waals surface area (Å²) in [5.74, 6) is 0. The average Bonchev–Trinajstić information content (AvgIpc) is 2.65. The van der Waals surface area contributed by atoms with Crippen molar-refractivity contribution >= 4 is 11.6 Å². The van der Waals surface area contributed by atoms with Gasteiger partial charge in [0.2, 0.25) is 0 Å². The Morgan fingerprint density at radius 1 is 1.04 bits per heavy atom. The van der Waals surface area contributed by atoms with Gasteiger partial charge in [-0.05, 0) is 74.6 Å². The lowest BCUT2D eigenvalue weighted by Crippen LogP contribution is -2.30. The van der Waals surface area contributed by atoms with E-state index in [2.05, 4.69) is 37.2 Å². The molecule has 23 heavy (non-hydrogen) atoms. The highest BCUT2D eigenvalue weighted by atomic mass is 35.5. The molecule has 0 radical (unpaired) electrons. The van der Waals surface area contributed by atoms with E-state index in [0.29, 0.717) is 6.42 Å². The van der Waals surface area contributed by atoms with E-state index >= 15 is 0 Å². The maximum Gasteiger partial charge on any atom is 0.115 e. The summed E-state index contributed by atoms with van der Waals surface area (Å²) in [7, 11) is 4.13. The van der Waals surface area contributed by atoms with Crippen molar-refractivity contribution in [2.75, 3.05) is 20.6 Å². The Morgan fingerprint density at radius 2 is 1.78 bits per heavy atom. The summed E-state index contributed by atoms with van der Waals surface area (Å²) in [6.45, 7) is 0.959. The van der Waals surface area contributed by atoms with Crippen molar-refractivity contribution in [1.82, 2.24) is 4.90 Å². The molecule has 1 aliphatic carbocycles. The van der Waals surface area contributed by atoms with E-state index in [1.54, 1.807) is 0 Å². The SMILES string of the molecule is CN(C)CCCC1(O)c2ccccc2CCc2c(Cl)cccc21. The van der Waals surface area contributed by atoms with Gasteiger partial charge in [0.15, 0.2) is 0 Å². The first-order chi connectivity index (χ1) is 11.0. The highest BCUT2D eigenvalue weighted by molar-refractivity contribution is 6.31. The molecule has 0 bridgehead atoms. The van der Waals surface area contributed by atoms with Gasteiger partial charge >= 0.3 is 0 Å². The fourth-order valence-electron chi connectivity index (χ4n) is 3.67.